The van der Waals surface area contributed by atoms with Crippen LogP contribution in [0.4, 0.5) is 0 Å². The third-order valence-electron chi connectivity index (χ3n) is 4.58. The molecule has 0 aliphatic rings. The van der Waals surface area contributed by atoms with Crippen molar-refractivity contribution in [1.29, 1.82) is 0 Å². The van der Waals surface area contributed by atoms with Gasteiger partial charge in [0.05, 0.1) is 25.3 Å². The molecule has 0 atom stereocenters. The Morgan fingerprint density at radius 2 is 1.63 bits per heavy atom. The molecule has 0 fully saturated rings. The van der Waals surface area contributed by atoms with Crippen molar-refractivity contribution in [2.75, 3.05) is 20.3 Å². The summed E-state index contributed by atoms with van der Waals surface area (Å²) in [6.07, 6.45) is 6.52. The van der Waals surface area contributed by atoms with Crippen molar-refractivity contribution in [3.05, 3.63) is 47.0 Å². The molecule has 0 aliphatic heterocycles. The van der Waals surface area contributed by atoms with Crippen molar-refractivity contribution in [3.63, 3.8) is 0 Å². The molecule has 0 saturated carbocycles. The van der Waals surface area contributed by atoms with E-state index in [0.717, 1.165) is 49.6 Å². The average molecular weight is 450 g/mol. The fourth-order valence-electron chi connectivity index (χ4n) is 2.92. The Bertz CT molecular complexity index is 823. The van der Waals surface area contributed by atoms with Gasteiger partial charge in [-0.15, -0.1) is 0 Å². The van der Waals surface area contributed by atoms with Gasteiger partial charge in [0.25, 0.3) is 0 Å². The molecule has 6 heteroatoms. The van der Waals surface area contributed by atoms with Crippen molar-refractivity contribution in [3.8, 4) is 17.2 Å². The van der Waals surface area contributed by atoms with Gasteiger partial charge >= 0.3 is 0 Å². The van der Waals surface area contributed by atoms with E-state index in [1.165, 1.54) is 7.11 Å². The van der Waals surface area contributed by atoms with Crippen molar-refractivity contribution in [2.45, 2.75) is 52.4 Å². The highest BCUT2D eigenvalue weighted by molar-refractivity contribution is 7.49. The van der Waals surface area contributed by atoms with E-state index in [9.17, 15) is 5.11 Å². The first-order chi connectivity index (χ1) is 14.6. The average Bonchev–Trinajstić information content (AvgIpc) is 2.75. The van der Waals surface area contributed by atoms with Crippen LogP contribution in [0.15, 0.2) is 36.4 Å². The van der Waals surface area contributed by atoms with E-state index in [1.54, 1.807) is 18.2 Å². The van der Waals surface area contributed by atoms with Gasteiger partial charge in [0.1, 0.15) is 17.2 Å². The molecule has 0 heterocycles. The van der Waals surface area contributed by atoms with Crippen molar-refractivity contribution in [1.82, 2.24) is 0 Å². The molecule has 0 bridgehead atoms. The minimum atomic E-state index is -0.132. The van der Waals surface area contributed by atoms with Crippen LogP contribution < -0.4 is 24.6 Å². The topological polar surface area (TPSA) is 50.8 Å². The molecule has 0 N–H and O–H groups in total. The maximum Gasteiger partial charge on any atom is 0.134 e. The number of rotatable bonds is 13. The zero-order valence-electron chi connectivity index (χ0n) is 18.1. The molecule has 2 aromatic rings. The van der Waals surface area contributed by atoms with E-state index in [-0.39, 0.29) is 5.48 Å². The van der Waals surface area contributed by atoms with Gasteiger partial charge in [0, 0.05) is 16.9 Å². The van der Waals surface area contributed by atoms with Crippen molar-refractivity contribution < 1.29 is 19.3 Å². The smallest absolute Gasteiger partial charge is 0.134 e. The highest BCUT2D eigenvalue weighted by Crippen LogP contribution is 2.29. The second kappa shape index (κ2) is 13.5. The maximum atomic E-state index is 13.0. The van der Waals surface area contributed by atoms with Crippen LogP contribution in [0.5, 0.6) is 17.2 Å². The number of benzene rings is 2. The van der Waals surface area contributed by atoms with E-state index >= 15 is 0 Å². The third-order valence-corrected chi connectivity index (χ3v) is 5.94. The van der Waals surface area contributed by atoms with Gasteiger partial charge in [-0.3, -0.25) is 0 Å². The van der Waals surface area contributed by atoms with Gasteiger partial charge in [-0.1, -0.05) is 70.9 Å². The van der Waals surface area contributed by atoms with Crippen molar-refractivity contribution in [2.24, 2.45) is 0 Å². The van der Waals surface area contributed by atoms with Gasteiger partial charge in [0.15, 0.2) is 0 Å². The molecule has 164 valence electrons. The number of methoxy groups -OCH3 is 1. The number of hydrogen-bond acceptors (Lipinski definition) is 4. The minimum Gasteiger partial charge on any atom is -0.823 e. The lowest BCUT2D eigenvalue weighted by atomic mass is 10.2. The minimum absolute atomic E-state index is 0.132. The molecule has 0 radical (unpaired) electrons. The quantitative estimate of drug-likeness (QED) is 0.295. The van der Waals surface area contributed by atoms with Gasteiger partial charge in [-0.2, -0.15) is 0 Å². The standard InChI is InChI=1S/C24H32ClO4P/c1-4-6-8-15-28-18-13-14-22(21(17-18)29-16-9-7-5-2)30-24(26)23-19(25)11-10-12-20(23)27-3/h10-14,17,26H,4-9,15-16H2,1-3H3/p-1. The fourth-order valence-corrected chi connectivity index (χ4v) is 4.18. The normalized spacial score (nSPS) is 11.4. The second-order valence-electron chi connectivity index (χ2n) is 6.97. The molecule has 2 aromatic carbocycles. The summed E-state index contributed by atoms with van der Waals surface area (Å²) >= 11 is 6.28. The number of ether oxygens (including phenoxy) is 3. The Morgan fingerprint density at radius 1 is 0.933 bits per heavy atom. The van der Waals surface area contributed by atoms with Gasteiger partial charge in [-0.05, 0) is 37.1 Å². The Morgan fingerprint density at radius 3 is 2.30 bits per heavy atom. The lowest BCUT2D eigenvalue weighted by molar-refractivity contribution is -0.207. The van der Waals surface area contributed by atoms with Crippen LogP contribution in [-0.2, 0) is 0 Å². The van der Waals surface area contributed by atoms with Crippen molar-refractivity contribution >= 4 is 30.6 Å². The maximum absolute atomic E-state index is 13.0. The van der Waals surface area contributed by atoms with E-state index in [2.05, 4.69) is 13.8 Å². The van der Waals surface area contributed by atoms with Crippen LogP contribution in [0.1, 0.15) is 57.9 Å². The molecule has 0 unspecified atom stereocenters. The zero-order valence-corrected chi connectivity index (χ0v) is 19.7. The first-order valence-corrected chi connectivity index (χ1v) is 11.9. The van der Waals surface area contributed by atoms with E-state index in [0.29, 0.717) is 43.5 Å². The van der Waals surface area contributed by atoms with Gasteiger partial charge in [-0.25, -0.2) is 0 Å². The van der Waals surface area contributed by atoms with E-state index < -0.39 is 0 Å². The van der Waals surface area contributed by atoms with Crippen LogP contribution in [-0.4, -0.2) is 25.8 Å². The molecule has 2 rings (SSSR count). The first kappa shape index (κ1) is 24.5. The Kier molecular flexibility index (Phi) is 11.1. The first-order valence-electron chi connectivity index (χ1n) is 10.6. The van der Waals surface area contributed by atoms with Gasteiger partial charge < -0.3 is 19.3 Å². The SMILES string of the molecule is CCCCCOc1ccc(P=C([O-])c2c(Cl)cccc2OC)c(OCCCCC)c1. The number of unbranched alkanes of at least 4 members (excludes halogenated alkanes) is 4. The highest BCUT2D eigenvalue weighted by atomic mass is 35.5. The molecule has 30 heavy (non-hydrogen) atoms. The predicted molar refractivity (Wildman–Crippen MR) is 125 cm³/mol. The molecule has 0 amide bonds. The lowest BCUT2D eigenvalue weighted by Gasteiger charge is -2.18. The molecular weight excluding hydrogens is 419 g/mol. The zero-order chi connectivity index (χ0) is 21.8. The van der Waals surface area contributed by atoms with E-state index in [4.69, 9.17) is 25.8 Å². The third kappa shape index (κ3) is 7.50. The molecule has 0 saturated heterocycles. The summed E-state index contributed by atoms with van der Waals surface area (Å²) in [6, 6.07) is 10.9. The van der Waals surface area contributed by atoms with Crippen LogP contribution in [0.2, 0.25) is 5.02 Å². The molecule has 4 nitrogen and oxygen atoms in total. The number of halogens is 1. The second-order valence-corrected chi connectivity index (χ2v) is 8.49. The lowest BCUT2D eigenvalue weighted by Crippen LogP contribution is -2.20. The summed E-state index contributed by atoms with van der Waals surface area (Å²) in [4.78, 5) is 0. The summed E-state index contributed by atoms with van der Waals surface area (Å²) in [5.41, 5.74) is 0.257. The van der Waals surface area contributed by atoms with E-state index in [1.807, 2.05) is 18.2 Å². The van der Waals surface area contributed by atoms with Crippen LogP contribution >= 0.6 is 19.8 Å². The largest absolute Gasteiger partial charge is 0.823 e. The molecule has 0 spiro atoms. The summed E-state index contributed by atoms with van der Waals surface area (Å²) < 4.78 is 17.2. The molecule has 0 aliphatic carbocycles. The summed E-state index contributed by atoms with van der Waals surface area (Å²) in [6.45, 7) is 5.61. The van der Waals surface area contributed by atoms with Gasteiger partial charge in [0.2, 0.25) is 0 Å². The van der Waals surface area contributed by atoms with Crippen LogP contribution in [0.25, 0.3) is 0 Å². The fraction of sp³-hybridized carbons (Fsp3) is 0.458. The molecular formula is C24H31ClO4P-. The van der Waals surface area contributed by atoms with Crippen LogP contribution in [0, 0.1) is 0 Å². The monoisotopic (exact) mass is 449 g/mol. The summed E-state index contributed by atoms with van der Waals surface area (Å²) in [5.74, 6) is 1.92. The Hall–Kier alpha value is -1.74. The Balaban J connectivity index is 2.28. The summed E-state index contributed by atoms with van der Waals surface area (Å²) in [5, 5.41) is 14.2. The Labute approximate surface area is 186 Å². The highest BCUT2D eigenvalue weighted by Gasteiger charge is 2.10. The summed E-state index contributed by atoms with van der Waals surface area (Å²) in [7, 11) is 2.02. The molecule has 0 aromatic heterocycles. The van der Waals surface area contributed by atoms with Crippen LogP contribution in [0.3, 0.4) is 0 Å². The number of hydrogen-bond donors (Lipinski definition) is 0. The predicted octanol–water partition coefficient (Wildman–Crippen LogP) is 5.60.